The standard InChI is InChI=1S/C16H19NO3/c1-3-4-12-5-7-13(8-6-12)17-11-14-9-10-15(20-14)16(18)19-2/h5-10,17H,3-4,11H2,1-2H3. The van der Waals surface area contributed by atoms with Gasteiger partial charge < -0.3 is 14.5 Å². The molecule has 0 spiro atoms. The molecule has 1 N–H and O–H groups in total. The van der Waals surface area contributed by atoms with Gasteiger partial charge >= 0.3 is 5.97 Å². The summed E-state index contributed by atoms with van der Waals surface area (Å²) in [6.45, 7) is 2.70. The maximum absolute atomic E-state index is 11.3. The average molecular weight is 273 g/mol. The first kappa shape index (κ1) is 14.2. The highest BCUT2D eigenvalue weighted by molar-refractivity contribution is 5.86. The van der Waals surface area contributed by atoms with Crippen molar-refractivity contribution in [2.24, 2.45) is 0 Å². The van der Waals surface area contributed by atoms with E-state index in [0.717, 1.165) is 18.5 Å². The number of anilines is 1. The van der Waals surface area contributed by atoms with Crippen LogP contribution >= 0.6 is 0 Å². The Kier molecular flexibility index (Phi) is 4.82. The molecule has 0 saturated heterocycles. The number of rotatable bonds is 6. The van der Waals surface area contributed by atoms with E-state index in [1.807, 2.05) is 0 Å². The molecule has 4 heteroatoms. The van der Waals surface area contributed by atoms with E-state index in [0.29, 0.717) is 12.3 Å². The lowest BCUT2D eigenvalue weighted by Gasteiger charge is -2.05. The van der Waals surface area contributed by atoms with Crippen molar-refractivity contribution in [1.82, 2.24) is 0 Å². The Hall–Kier alpha value is -2.23. The predicted octanol–water partition coefficient (Wildman–Crippen LogP) is 3.63. The highest BCUT2D eigenvalue weighted by Crippen LogP contribution is 2.14. The number of nitrogens with one attached hydrogen (secondary N) is 1. The van der Waals surface area contributed by atoms with Gasteiger partial charge in [0.25, 0.3) is 0 Å². The molecule has 0 unspecified atom stereocenters. The van der Waals surface area contributed by atoms with Crippen LogP contribution in [-0.2, 0) is 17.7 Å². The summed E-state index contributed by atoms with van der Waals surface area (Å²) in [4.78, 5) is 11.3. The van der Waals surface area contributed by atoms with Crippen LogP contribution in [0.15, 0.2) is 40.8 Å². The number of carbonyl (C=O) groups is 1. The summed E-state index contributed by atoms with van der Waals surface area (Å²) in [7, 11) is 1.33. The van der Waals surface area contributed by atoms with Crippen LogP contribution in [0.2, 0.25) is 0 Å². The Balaban J connectivity index is 1.91. The lowest BCUT2D eigenvalue weighted by Crippen LogP contribution is -2.00. The Labute approximate surface area is 118 Å². The molecule has 1 aromatic carbocycles. The summed E-state index contributed by atoms with van der Waals surface area (Å²) in [5, 5.41) is 3.25. The van der Waals surface area contributed by atoms with Crippen molar-refractivity contribution in [2.75, 3.05) is 12.4 Å². The number of aryl methyl sites for hydroxylation is 1. The normalized spacial score (nSPS) is 10.3. The van der Waals surface area contributed by atoms with Crippen molar-refractivity contribution in [2.45, 2.75) is 26.3 Å². The van der Waals surface area contributed by atoms with E-state index in [1.165, 1.54) is 12.7 Å². The summed E-state index contributed by atoms with van der Waals surface area (Å²) in [5.74, 6) is 0.464. The van der Waals surface area contributed by atoms with Gasteiger partial charge in [-0.1, -0.05) is 25.5 Å². The Morgan fingerprint density at radius 2 is 1.95 bits per heavy atom. The lowest BCUT2D eigenvalue weighted by molar-refractivity contribution is 0.0563. The maximum Gasteiger partial charge on any atom is 0.373 e. The van der Waals surface area contributed by atoms with E-state index in [4.69, 9.17) is 4.42 Å². The first-order valence-corrected chi connectivity index (χ1v) is 6.72. The molecule has 2 rings (SSSR count). The molecule has 106 valence electrons. The van der Waals surface area contributed by atoms with Crippen LogP contribution < -0.4 is 5.32 Å². The van der Waals surface area contributed by atoms with Crippen LogP contribution in [0.3, 0.4) is 0 Å². The van der Waals surface area contributed by atoms with Crippen LogP contribution in [-0.4, -0.2) is 13.1 Å². The van der Waals surface area contributed by atoms with Crippen molar-refractivity contribution in [3.05, 3.63) is 53.5 Å². The molecule has 0 bridgehead atoms. The van der Waals surface area contributed by atoms with Gasteiger partial charge in [0, 0.05) is 5.69 Å². The van der Waals surface area contributed by atoms with Crippen molar-refractivity contribution in [3.63, 3.8) is 0 Å². The fourth-order valence-electron chi connectivity index (χ4n) is 1.95. The second-order valence-corrected chi connectivity index (χ2v) is 4.56. The number of benzene rings is 1. The van der Waals surface area contributed by atoms with E-state index in [-0.39, 0.29) is 5.76 Å². The molecule has 0 amide bonds. The van der Waals surface area contributed by atoms with Crippen LogP contribution in [0.4, 0.5) is 5.69 Å². The molecular formula is C16H19NO3. The molecular weight excluding hydrogens is 254 g/mol. The first-order valence-electron chi connectivity index (χ1n) is 6.72. The predicted molar refractivity (Wildman–Crippen MR) is 77.8 cm³/mol. The van der Waals surface area contributed by atoms with E-state index in [1.54, 1.807) is 12.1 Å². The molecule has 0 fully saturated rings. The number of ether oxygens (including phenoxy) is 1. The summed E-state index contributed by atoms with van der Waals surface area (Å²) in [5.41, 5.74) is 2.37. The SMILES string of the molecule is CCCc1ccc(NCc2ccc(C(=O)OC)o2)cc1. The number of carbonyl (C=O) groups excluding carboxylic acids is 1. The van der Waals surface area contributed by atoms with Crippen molar-refractivity contribution in [3.8, 4) is 0 Å². The Morgan fingerprint density at radius 1 is 1.20 bits per heavy atom. The van der Waals surface area contributed by atoms with Crippen molar-refractivity contribution >= 4 is 11.7 Å². The Bertz CT molecular complexity index is 557. The molecule has 0 saturated carbocycles. The summed E-state index contributed by atoms with van der Waals surface area (Å²) in [6, 6.07) is 11.7. The fraction of sp³-hybridized carbons (Fsp3) is 0.312. The number of esters is 1. The highest BCUT2D eigenvalue weighted by atomic mass is 16.5. The third-order valence-electron chi connectivity index (χ3n) is 3.01. The van der Waals surface area contributed by atoms with Gasteiger partial charge in [-0.05, 0) is 36.2 Å². The largest absolute Gasteiger partial charge is 0.463 e. The fourth-order valence-corrected chi connectivity index (χ4v) is 1.95. The van der Waals surface area contributed by atoms with Gasteiger partial charge in [-0.2, -0.15) is 0 Å². The smallest absolute Gasteiger partial charge is 0.373 e. The number of methoxy groups -OCH3 is 1. The quantitative estimate of drug-likeness (QED) is 0.816. The lowest BCUT2D eigenvalue weighted by atomic mass is 10.1. The van der Waals surface area contributed by atoms with Crippen LogP contribution in [0, 0.1) is 0 Å². The topological polar surface area (TPSA) is 51.5 Å². The minimum atomic E-state index is -0.458. The molecule has 0 atom stereocenters. The van der Waals surface area contributed by atoms with E-state index >= 15 is 0 Å². The van der Waals surface area contributed by atoms with Gasteiger partial charge in [-0.15, -0.1) is 0 Å². The van der Waals surface area contributed by atoms with Crippen LogP contribution in [0.1, 0.15) is 35.2 Å². The van der Waals surface area contributed by atoms with Gasteiger partial charge in [-0.3, -0.25) is 0 Å². The Morgan fingerprint density at radius 3 is 2.60 bits per heavy atom. The zero-order valence-corrected chi connectivity index (χ0v) is 11.8. The number of furan rings is 1. The third-order valence-corrected chi connectivity index (χ3v) is 3.01. The number of hydrogen-bond donors (Lipinski definition) is 1. The second-order valence-electron chi connectivity index (χ2n) is 4.56. The highest BCUT2D eigenvalue weighted by Gasteiger charge is 2.10. The molecule has 4 nitrogen and oxygen atoms in total. The molecule has 0 radical (unpaired) electrons. The third kappa shape index (κ3) is 3.63. The minimum Gasteiger partial charge on any atom is -0.463 e. The number of hydrogen-bond acceptors (Lipinski definition) is 4. The summed E-state index contributed by atoms with van der Waals surface area (Å²) < 4.78 is 9.98. The van der Waals surface area contributed by atoms with E-state index in [2.05, 4.69) is 41.2 Å². The van der Waals surface area contributed by atoms with Gasteiger partial charge in [0.2, 0.25) is 5.76 Å². The first-order chi connectivity index (χ1) is 9.72. The van der Waals surface area contributed by atoms with Gasteiger partial charge in [0.05, 0.1) is 13.7 Å². The van der Waals surface area contributed by atoms with Crippen molar-refractivity contribution in [1.29, 1.82) is 0 Å². The zero-order valence-electron chi connectivity index (χ0n) is 11.8. The van der Waals surface area contributed by atoms with Crippen LogP contribution in [0.5, 0.6) is 0 Å². The van der Waals surface area contributed by atoms with E-state index in [9.17, 15) is 4.79 Å². The molecule has 1 aromatic heterocycles. The molecule has 20 heavy (non-hydrogen) atoms. The van der Waals surface area contributed by atoms with Gasteiger partial charge in [0.15, 0.2) is 0 Å². The molecule has 2 aromatic rings. The van der Waals surface area contributed by atoms with E-state index < -0.39 is 5.97 Å². The monoisotopic (exact) mass is 273 g/mol. The molecule has 0 aliphatic carbocycles. The van der Waals surface area contributed by atoms with Gasteiger partial charge in [0.1, 0.15) is 5.76 Å². The minimum absolute atomic E-state index is 0.225. The van der Waals surface area contributed by atoms with Crippen molar-refractivity contribution < 1.29 is 13.9 Å². The summed E-state index contributed by atoms with van der Waals surface area (Å²) in [6.07, 6.45) is 2.25. The maximum atomic E-state index is 11.3. The van der Waals surface area contributed by atoms with Gasteiger partial charge in [-0.25, -0.2) is 4.79 Å². The molecule has 0 aliphatic heterocycles. The molecule has 1 heterocycles. The zero-order chi connectivity index (χ0) is 14.4. The second kappa shape index (κ2) is 6.80. The van der Waals surface area contributed by atoms with Crippen LogP contribution in [0.25, 0.3) is 0 Å². The summed E-state index contributed by atoms with van der Waals surface area (Å²) >= 11 is 0. The molecule has 0 aliphatic rings. The average Bonchev–Trinajstić information content (AvgIpc) is 2.95.